The third-order valence-corrected chi connectivity index (χ3v) is 10.1. The van der Waals surface area contributed by atoms with Gasteiger partial charge in [0.2, 0.25) is 5.91 Å². The highest BCUT2D eigenvalue weighted by Crippen LogP contribution is 2.28. The number of benzene rings is 2. The summed E-state index contributed by atoms with van der Waals surface area (Å²) in [6.07, 6.45) is 0.325. The van der Waals surface area contributed by atoms with Crippen molar-refractivity contribution in [2.24, 2.45) is 23.7 Å². The van der Waals surface area contributed by atoms with Crippen LogP contribution in [-0.2, 0) is 25.6 Å². The van der Waals surface area contributed by atoms with Crippen LogP contribution < -0.4 is 25.4 Å². The Labute approximate surface area is 340 Å². The molecule has 3 rings (SSSR count). The molecule has 0 spiro atoms. The van der Waals surface area contributed by atoms with Gasteiger partial charge in [0, 0.05) is 58.4 Å². The van der Waals surface area contributed by atoms with Crippen molar-refractivity contribution in [3.05, 3.63) is 59.7 Å². The Balaban J connectivity index is 1.73. The standard InChI is InChI=1S/C44H70N4O9/c1-31(2)34(29-46-41(50)36-17-16-35(56-30-33-14-10-9-11-15-33)27-40(36)55-23-13-12-22-53-8)26-38(47-43(52)57-44(5,6)7)39(49)28-37(32(3)4)42(51)45-18-19-48-20-24-54-25-21-48/h9-11,14-17,27,31-32,34,37-39,49H,12-13,18-26,28-30H2,1-8H3,(H,45,51)(H,46,50)(H,47,52)/t34-,37+,38+,39+/m1/s1. The third-order valence-electron chi connectivity index (χ3n) is 10.1. The van der Waals surface area contributed by atoms with Crippen molar-refractivity contribution in [3.8, 4) is 11.5 Å². The maximum absolute atomic E-state index is 13.8. The molecule has 3 amide bonds. The molecule has 13 heteroatoms. The number of ether oxygens (including phenoxy) is 5. The largest absolute Gasteiger partial charge is 0.493 e. The number of unbranched alkanes of at least 4 members (excludes halogenated alkanes) is 1. The average molecular weight is 799 g/mol. The number of hydrogen-bond acceptors (Lipinski definition) is 10. The molecule has 1 aliphatic rings. The molecule has 0 unspecified atom stereocenters. The molecule has 57 heavy (non-hydrogen) atoms. The highest BCUT2D eigenvalue weighted by Gasteiger charge is 2.33. The number of rotatable bonds is 24. The topological polar surface area (TPSA) is 157 Å². The lowest BCUT2D eigenvalue weighted by molar-refractivity contribution is -0.127. The van der Waals surface area contributed by atoms with Crippen molar-refractivity contribution >= 4 is 17.9 Å². The second kappa shape index (κ2) is 24.8. The highest BCUT2D eigenvalue weighted by molar-refractivity contribution is 5.97. The fourth-order valence-electron chi connectivity index (χ4n) is 6.58. The van der Waals surface area contributed by atoms with Crippen LogP contribution in [0.1, 0.15) is 90.1 Å². The molecular weight excluding hydrogens is 729 g/mol. The summed E-state index contributed by atoms with van der Waals surface area (Å²) in [5.74, 6) is -0.0841. The van der Waals surface area contributed by atoms with E-state index in [9.17, 15) is 19.5 Å². The second-order valence-corrected chi connectivity index (χ2v) is 16.6. The van der Waals surface area contributed by atoms with E-state index in [0.29, 0.717) is 63.1 Å². The van der Waals surface area contributed by atoms with E-state index in [1.54, 1.807) is 46.1 Å². The Morgan fingerprint density at radius 1 is 0.895 bits per heavy atom. The summed E-state index contributed by atoms with van der Waals surface area (Å²) < 4.78 is 28.4. The van der Waals surface area contributed by atoms with Crippen LogP contribution in [-0.4, -0.2) is 112 Å². The number of hydrogen-bond donors (Lipinski definition) is 4. The minimum absolute atomic E-state index is 0.0584. The number of carbonyl (C=O) groups excluding carboxylic acids is 3. The van der Waals surface area contributed by atoms with Gasteiger partial charge in [-0.15, -0.1) is 0 Å². The maximum Gasteiger partial charge on any atom is 0.407 e. The van der Waals surface area contributed by atoms with E-state index in [0.717, 1.165) is 38.0 Å². The lowest BCUT2D eigenvalue weighted by Crippen LogP contribution is -2.49. The van der Waals surface area contributed by atoms with E-state index in [2.05, 4.69) is 20.9 Å². The fraction of sp³-hybridized carbons (Fsp3) is 0.659. The van der Waals surface area contributed by atoms with E-state index < -0.39 is 29.8 Å². The summed E-state index contributed by atoms with van der Waals surface area (Å²) in [5, 5.41) is 20.8. The molecule has 0 bridgehead atoms. The molecule has 4 atom stereocenters. The minimum Gasteiger partial charge on any atom is -0.493 e. The molecule has 0 aliphatic carbocycles. The third kappa shape index (κ3) is 18.1. The Morgan fingerprint density at radius 2 is 1.60 bits per heavy atom. The zero-order chi connectivity index (χ0) is 41.8. The Bertz CT molecular complexity index is 1480. The fourth-order valence-corrected chi connectivity index (χ4v) is 6.58. The second-order valence-electron chi connectivity index (χ2n) is 16.6. The molecule has 1 fully saturated rings. The van der Waals surface area contributed by atoms with Crippen molar-refractivity contribution in [2.75, 3.05) is 66.3 Å². The smallest absolute Gasteiger partial charge is 0.407 e. The SMILES string of the molecule is COCCCCOc1cc(OCc2ccccc2)ccc1C(=O)NC[C@@H](C[C@H](NC(=O)OC(C)(C)C)[C@@H](O)C[C@H](C(=O)NCCN1CCOCC1)C(C)C)C(C)C. The molecule has 1 saturated heterocycles. The van der Waals surface area contributed by atoms with E-state index in [1.165, 1.54) is 0 Å². The Morgan fingerprint density at radius 3 is 2.25 bits per heavy atom. The normalized spacial score (nSPS) is 15.7. The van der Waals surface area contributed by atoms with Gasteiger partial charge in [0.15, 0.2) is 0 Å². The monoisotopic (exact) mass is 799 g/mol. The first kappa shape index (κ1) is 47.5. The van der Waals surface area contributed by atoms with Gasteiger partial charge in [-0.05, 0) is 81.9 Å². The summed E-state index contributed by atoms with van der Waals surface area (Å²) in [6, 6.07) is 14.3. The van der Waals surface area contributed by atoms with Gasteiger partial charge in [0.1, 0.15) is 23.7 Å². The van der Waals surface area contributed by atoms with Crippen LogP contribution in [0.15, 0.2) is 48.5 Å². The molecule has 2 aromatic carbocycles. The Hall–Kier alpha value is -3.91. The summed E-state index contributed by atoms with van der Waals surface area (Å²) in [6.45, 7) is 19.3. The van der Waals surface area contributed by atoms with E-state index >= 15 is 0 Å². The van der Waals surface area contributed by atoms with Crippen LogP contribution >= 0.6 is 0 Å². The number of aliphatic hydroxyl groups is 1. The van der Waals surface area contributed by atoms with E-state index in [-0.39, 0.29) is 42.5 Å². The first-order valence-electron chi connectivity index (χ1n) is 20.6. The van der Waals surface area contributed by atoms with Crippen molar-refractivity contribution in [2.45, 2.75) is 98.5 Å². The summed E-state index contributed by atoms with van der Waals surface area (Å²) in [7, 11) is 1.66. The van der Waals surface area contributed by atoms with Crippen LogP contribution in [0.3, 0.4) is 0 Å². The average Bonchev–Trinajstić information content (AvgIpc) is 3.16. The van der Waals surface area contributed by atoms with Gasteiger partial charge in [-0.1, -0.05) is 58.0 Å². The number of morpholine rings is 1. The van der Waals surface area contributed by atoms with Crippen LogP contribution in [0.4, 0.5) is 4.79 Å². The number of methoxy groups -OCH3 is 1. The van der Waals surface area contributed by atoms with Gasteiger partial charge in [0.05, 0.1) is 37.5 Å². The van der Waals surface area contributed by atoms with E-state index in [4.69, 9.17) is 23.7 Å². The number of amides is 3. The first-order valence-corrected chi connectivity index (χ1v) is 20.6. The number of carbonyl (C=O) groups is 3. The first-order chi connectivity index (χ1) is 27.2. The number of nitrogens with zero attached hydrogens (tertiary/aromatic N) is 1. The van der Waals surface area contributed by atoms with Gasteiger partial charge in [0.25, 0.3) is 5.91 Å². The van der Waals surface area contributed by atoms with Gasteiger partial charge >= 0.3 is 6.09 Å². The van der Waals surface area contributed by atoms with Crippen LogP contribution in [0, 0.1) is 23.7 Å². The zero-order valence-electron chi connectivity index (χ0n) is 35.6. The molecule has 1 aliphatic heterocycles. The van der Waals surface area contributed by atoms with Crippen LogP contribution in [0.5, 0.6) is 11.5 Å². The molecule has 0 saturated carbocycles. The molecule has 4 N–H and O–H groups in total. The van der Waals surface area contributed by atoms with Crippen molar-refractivity contribution < 1.29 is 43.2 Å². The molecule has 1 heterocycles. The zero-order valence-corrected chi connectivity index (χ0v) is 35.6. The van der Waals surface area contributed by atoms with Crippen molar-refractivity contribution in [1.82, 2.24) is 20.9 Å². The van der Waals surface area contributed by atoms with Crippen molar-refractivity contribution in [3.63, 3.8) is 0 Å². The number of aliphatic hydroxyl groups excluding tert-OH is 1. The predicted octanol–water partition coefficient (Wildman–Crippen LogP) is 5.83. The van der Waals surface area contributed by atoms with Crippen LogP contribution in [0.25, 0.3) is 0 Å². The summed E-state index contributed by atoms with van der Waals surface area (Å²) in [5.41, 5.74) is 0.643. The van der Waals surface area contributed by atoms with Gasteiger partial charge in [-0.2, -0.15) is 0 Å². The summed E-state index contributed by atoms with van der Waals surface area (Å²) in [4.78, 5) is 42.6. The maximum atomic E-state index is 13.8. The molecule has 0 radical (unpaired) electrons. The van der Waals surface area contributed by atoms with Crippen LogP contribution in [0.2, 0.25) is 0 Å². The number of alkyl carbamates (subject to hydrolysis) is 1. The molecular formula is C44H70N4O9. The van der Waals surface area contributed by atoms with Gasteiger partial charge in [-0.3, -0.25) is 14.5 Å². The minimum atomic E-state index is -1.06. The molecule has 0 aromatic heterocycles. The summed E-state index contributed by atoms with van der Waals surface area (Å²) >= 11 is 0. The lowest BCUT2D eigenvalue weighted by Gasteiger charge is -2.33. The van der Waals surface area contributed by atoms with Crippen molar-refractivity contribution in [1.29, 1.82) is 0 Å². The predicted molar refractivity (Wildman–Crippen MR) is 221 cm³/mol. The highest BCUT2D eigenvalue weighted by atomic mass is 16.6. The lowest BCUT2D eigenvalue weighted by atomic mass is 9.82. The number of nitrogens with one attached hydrogen (secondary N) is 3. The molecule has 13 nitrogen and oxygen atoms in total. The van der Waals surface area contributed by atoms with Gasteiger partial charge in [-0.25, -0.2) is 4.79 Å². The molecule has 2 aromatic rings. The van der Waals surface area contributed by atoms with E-state index in [1.807, 2.05) is 58.0 Å². The Kier molecular flexibility index (Phi) is 20.6. The molecule has 320 valence electrons. The van der Waals surface area contributed by atoms with Gasteiger partial charge < -0.3 is 44.7 Å². The quantitative estimate of drug-likeness (QED) is 0.0954.